The van der Waals surface area contributed by atoms with E-state index in [1.807, 2.05) is 91.0 Å². The van der Waals surface area contributed by atoms with Crippen molar-refractivity contribution in [2.24, 2.45) is 22.9 Å². The van der Waals surface area contributed by atoms with Crippen LogP contribution in [0, 0.1) is 27.9 Å². The van der Waals surface area contributed by atoms with Crippen molar-refractivity contribution in [3.8, 4) is 28.7 Å². The predicted molar refractivity (Wildman–Crippen MR) is 292 cm³/mol. The second-order valence-corrected chi connectivity index (χ2v) is 20.0. The second kappa shape index (κ2) is 25.1. The molecule has 4 aliphatic rings. The van der Waals surface area contributed by atoms with Crippen LogP contribution in [0.25, 0.3) is 10.8 Å². The van der Waals surface area contributed by atoms with Crippen LogP contribution in [0.4, 0.5) is 10.5 Å². The summed E-state index contributed by atoms with van der Waals surface area (Å²) >= 11 is 0. The fourth-order valence-electron chi connectivity index (χ4n) is 11.6. The van der Waals surface area contributed by atoms with Crippen molar-refractivity contribution in [1.29, 1.82) is 0 Å². The summed E-state index contributed by atoms with van der Waals surface area (Å²) in [5, 5.41) is 38.9. The third-order valence-corrected chi connectivity index (χ3v) is 15.1. The maximum absolute atomic E-state index is 15.3. The van der Waals surface area contributed by atoms with Crippen molar-refractivity contribution in [2.75, 3.05) is 39.8 Å². The molecule has 16 nitrogen and oxygen atoms in total. The van der Waals surface area contributed by atoms with E-state index < -0.39 is 28.8 Å². The number of unbranched alkanes of at least 4 members (excludes halogenated alkanes) is 2. The highest BCUT2D eigenvalue weighted by atomic mass is 16.7. The van der Waals surface area contributed by atoms with Gasteiger partial charge in [0.2, 0.25) is 12.6 Å². The lowest BCUT2D eigenvalue weighted by molar-refractivity contribution is -0.384. The van der Waals surface area contributed by atoms with E-state index >= 15 is 4.79 Å². The van der Waals surface area contributed by atoms with Crippen LogP contribution in [-0.2, 0) is 38.8 Å². The van der Waals surface area contributed by atoms with Gasteiger partial charge in [-0.15, -0.1) is 6.58 Å². The molecule has 1 saturated carbocycles. The summed E-state index contributed by atoms with van der Waals surface area (Å²) in [7, 11) is 0. The van der Waals surface area contributed by atoms with Crippen molar-refractivity contribution in [3.63, 3.8) is 0 Å². The number of rotatable bonds is 25. The summed E-state index contributed by atoms with van der Waals surface area (Å²) in [4.78, 5) is 34.3. The normalized spacial score (nSPS) is 21.2. The van der Waals surface area contributed by atoms with E-state index in [0.29, 0.717) is 59.5 Å². The van der Waals surface area contributed by atoms with Gasteiger partial charge in [-0.3, -0.25) is 15.0 Å². The highest BCUT2D eigenvalue weighted by molar-refractivity contribution is 6.03. The lowest BCUT2D eigenvalue weighted by Gasteiger charge is -2.59. The number of benzene rings is 6. The number of non-ortho nitro benzene ring substituents is 1. The number of carbonyl (C=O) groups excluding carboxylic acids is 1. The van der Waals surface area contributed by atoms with Gasteiger partial charge in [-0.2, -0.15) is 0 Å². The van der Waals surface area contributed by atoms with E-state index in [9.17, 15) is 20.3 Å². The number of aliphatic hydroxyl groups excluding tert-OH is 2. The molecule has 1 amide bonds. The van der Waals surface area contributed by atoms with E-state index in [1.165, 1.54) is 12.1 Å². The molecule has 0 bridgehead atoms. The van der Waals surface area contributed by atoms with Gasteiger partial charge in [-0.1, -0.05) is 96.9 Å². The zero-order valence-corrected chi connectivity index (χ0v) is 43.5. The third kappa shape index (κ3) is 12.0. The van der Waals surface area contributed by atoms with E-state index in [2.05, 4.69) is 30.9 Å². The number of ether oxygens (including phenoxy) is 7. The molecule has 2 N–H and O–H groups in total. The van der Waals surface area contributed by atoms with Crippen molar-refractivity contribution in [2.45, 2.75) is 82.5 Å². The van der Waals surface area contributed by atoms with Crippen LogP contribution >= 0.6 is 0 Å². The van der Waals surface area contributed by atoms with E-state index in [1.54, 1.807) is 23.1 Å². The first-order chi connectivity index (χ1) is 38.2. The third-order valence-electron chi connectivity index (χ3n) is 15.1. The summed E-state index contributed by atoms with van der Waals surface area (Å²) in [5.41, 5.74) is 4.60. The molecule has 0 spiro atoms. The average molecular weight is 1060 g/mol. The molecule has 6 aromatic carbocycles. The van der Waals surface area contributed by atoms with Crippen molar-refractivity contribution < 1.29 is 57.9 Å². The van der Waals surface area contributed by atoms with Gasteiger partial charge in [-0.25, -0.2) is 4.79 Å². The summed E-state index contributed by atoms with van der Waals surface area (Å²) in [5.74, 6) is 0.239. The SMILES string of the molecule is C=CCO[C@@]12Oc3ccc(Oc4ccc5ccccc5c4)cc3[C@H]3[C@H](CCCCO)[C@@H](CCCCO)C=C(C(=NOCc4ccc([N+](=O)[O-])cc4)C[C@@H]1N(Cc1ccc4c(c1)OCO4)C(=O)OCCOCc1ccccc1)[C@H]32. The van der Waals surface area contributed by atoms with Crippen LogP contribution in [-0.4, -0.2) is 83.5 Å². The van der Waals surface area contributed by atoms with Gasteiger partial charge in [-0.05, 0) is 125 Å². The minimum absolute atomic E-state index is 0.00387. The minimum atomic E-state index is -1.61. The number of hydrogen-bond donors (Lipinski definition) is 2. The Morgan fingerprint density at radius 3 is 2.29 bits per heavy atom. The van der Waals surface area contributed by atoms with Gasteiger partial charge >= 0.3 is 6.09 Å². The summed E-state index contributed by atoms with van der Waals surface area (Å²) in [6, 6.07) is 40.5. The van der Waals surface area contributed by atoms with Gasteiger partial charge in [0.25, 0.3) is 5.69 Å². The zero-order valence-electron chi connectivity index (χ0n) is 43.5. The maximum Gasteiger partial charge on any atom is 0.410 e. The first-order valence-corrected chi connectivity index (χ1v) is 26.8. The zero-order chi connectivity index (χ0) is 53.8. The first kappa shape index (κ1) is 53.6. The fraction of sp³-hybridized carbons (Fsp3) is 0.355. The molecule has 6 atom stereocenters. The molecule has 2 aliphatic carbocycles. The highest BCUT2D eigenvalue weighted by Gasteiger charge is 2.66. The topological polar surface area (TPSA) is 190 Å². The number of nitrogens with zero attached hydrogens (tertiary/aromatic N) is 3. The molecule has 78 heavy (non-hydrogen) atoms. The number of oxime groups is 1. The molecule has 10 rings (SSSR count). The first-order valence-electron chi connectivity index (χ1n) is 26.8. The van der Waals surface area contributed by atoms with Crippen LogP contribution in [0.1, 0.15) is 73.1 Å². The quantitative estimate of drug-likeness (QED) is 0.0239. The van der Waals surface area contributed by atoms with Gasteiger partial charge in [0.1, 0.15) is 36.5 Å². The Balaban J connectivity index is 1.11. The second-order valence-electron chi connectivity index (χ2n) is 20.0. The fourth-order valence-corrected chi connectivity index (χ4v) is 11.6. The predicted octanol–water partition coefficient (Wildman–Crippen LogP) is 12.0. The Morgan fingerprint density at radius 2 is 1.50 bits per heavy atom. The molecule has 0 aromatic heterocycles. The lowest BCUT2D eigenvalue weighted by Crippen LogP contribution is -2.70. The highest BCUT2D eigenvalue weighted by Crippen LogP contribution is 2.62. The van der Waals surface area contributed by atoms with Crippen LogP contribution in [0.3, 0.4) is 0 Å². The molecule has 0 saturated heterocycles. The van der Waals surface area contributed by atoms with Crippen molar-refractivity contribution in [1.82, 2.24) is 4.90 Å². The maximum atomic E-state index is 15.3. The molecular weight excluding hydrogens is 995 g/mol. The number of aliphatic hydroxyl groups is 2. The molecule has 6 aromatic rings. The number of nitro benzene ring substituents is 1. The lowest BCUT2D eigenvalue weighted by atomic mass is 9.55. The molecule has 406 valence electrons. The summed E-state index contributed by atoms with van der Waals surface area (Å²) < 4.78 is 45.2. The molecular formula is C62H65N3O13. The van der Waals surface area contributed by atoms with Gasteiger partial charge in [0.05, 0.1) is 36.4 Å². The van der Waals surface area contributed by atoms with Gasteiger partial charge < -0.3 is 48.2 Å². The molecule has 16 heteroatoms. The summed E-state index contributed by atoms with van der Waals surface area (Å²) in [6.07, 6.45) is 7.53. The number of allylic oxidation sites excluding steroid dienone is 1. The molecule has 0 radical (unpaired) electrons. The Kier molecular flexibility index (Phi) is 17.3. The Hall–Kier alpha value is -7.76. The van der Waals surface area contributed by atoms with Crippen molar-refractivity contribution >= 4 is 28.3 Å². The largest absolute Gasteiger partial charge is 0.459 e. The minimum Gasteiger partial charge on any atom is -0.459 e. The smallest absolute Gasteiger partial charge is 0.410 e. The molecule has 1 fully saturated rings. The van der Waals surface area contributed by atoms with Gasteiger partial charge in [0, 0.05) is 49.8 Å². The molecule has 2 aliphatic heterocycles. The number of fused-ring (bicyclic) bond motifs is 4. The van der Waals surface area contributed by atoms with Crippen LogP contribution in [0.2, 0.25) is 0 Å². The van der Waals surface area contributed by atoms with Crippen LogP contribution < -0.4 is 18.9 Å². The summed E-state index contributed by atoms with van der Waals surface area (Å²) in [6.45, 7) is 4.71. The number of amides is 1. The Labute approximate surface area is 453 Å². The molecule has 2 heterocycles. The average Bonchev–Trinajstić information content (AvgIpc) is 3.72. The number of nitro groups is 1. The van der Waals surface area contributed by atoms with Crippen LogP contribution in [0.5, 0.6) is 28.7 Å². The van der Waals surface area contributed by atoms with E-state index in [-0.39, 0.29) is 82.8 Å². The monoisotopic (exact) mass is 1060 g/mol. The molecule has 0 unspecified atom stereocenters. The van der Waals surface area contributed by atoms with E-state index in [4.69, 9.17) is 43.2 Å². The van der Waals surface area contributed by atoms with Crippen LogP contribution in [0.15, 0.2) is 163 Å². The Morgan fingerprint density at radius 1 is 0.782 bits per heavy atom. The Bertz CT molecular complexity index is 3110. The van der Waals surface area contributed by atoms with E-state index in [0.717, 1.165) is 58.7 Å². The van der Waals surface area contributed by atoms with Gasteiger partial charge in [0.15, 0.2) is 11.5 Å². The number of hydrogen-bond acceptors (Lipinski definition) is 14. The standard InChI is InChI=1S/C62H65N3O13/c1-2-30-75-62-58(64(38-44-20-26-56-57(33-44)74-41-73-56)61(68)72-32-31-71-39-42-12-4-3-5-13-42)37-54(63-76-40-43-18-22-48(23-19-43)65(69)70)52-35-47(16-8-10-28-66)51(17-9-11-29-67)59(60(52)62)53-36-50(25-27-55(53)78-62)77-49-24-21-45-14-6-7-15-46(45)34-49/h2-7,12-15,18-27,33-36,47,51,58-60,66-67H,1,8-11,16-17,28-32,37-41H2/t47-,51+,58-,59+,60+,62+/m0/s1. The number of carbonyl (C=O) groups is 1. The van der Waals surface area contributed by atoms with Crippen molar-refractivity contribution in [3.05, 3.63) is 190 Å².